The molecule has 7 heteroatoms. The topological polar surface area (TPSA) is 50.2 Å². The van der Waals surface area contributed by atoms with Gasteiger partial charge in [-0.2, -0.15) is 13.2 Å². The molecule has 0 spiro atoms. The van der Waals surface area contributed by atoms with E-state index in [0.29, 0.717) is 3.57 Å². The van der Waals surface area contributed by atoms with Gasteiger partial charge < -0.3 is 5.11 Å². The van der Waals surface area contributed by atoms with E-state index in [0.717, 1.165) is 6.07 Å². The van der Waals surface area contributed by atoms with Crippen molar-refractivity contribution in [2.75, 3.05) is 0 Å². The first-order valence-corrected chi connectivity index (χ1v) is 4.82. The average molecular weight is 331 g/mol. The number of carboxylic acids is 1. The zero-order chi connectivity index (χ0) is 11.6. The van der Waals surface area contributed by atoms with E-state index >= 15 is 0 Å². The van der Waals surface area contributed by atoms with E-state index in [1.165, 1.54) is 6.07 Å². The lowest BCUT2D eigenvalue weighted by molar-refractivity contribution is -0.142. The summed E-state index contributed by atoms with van der Waals surface area (Å²) in [7, 11) is 0. The first-order valence-electron chi connectivity index (χ1n) is 3.74. The van der Waals surface area contributed by atoms with Gasteiger partial charge in [-0.15, -0.1) is 0 Å². The van der Waals surface area contributed by atoms with Crippen LogP contribution >= 0.6 is 22.6 Å². The van der Waals surface area contributed by atoms with Crippen molar-refractivity contribution in [1.82, 2.24) is 4.98 Å². The Hall–Kier alpha value is -0.860. The number of carbonyl (C=O) groups is 1. The highest BCUT2D eigenvalue weighted by atomic mass is 127. The molecule has 1 rings (SSSR count). The Labute approximate surface area is 96.5 Å². The number of hydrogen-bond acceptors (Lipinski definition) is 2. The van der Waals surface area contributed by atoms with Crippen molar-refractivity contribution in [1.29, 1.82) is 0 Å². The summed E-state index contributed by atoms with van der Waals surface area (Å²) < 4.78 is 37.1. The normalized spacial score (nSPS) is 11.5. The number of pyridine rings is 1. The summed E-state index contributed by atoms with van der Waals surface area (Å²) in [6.45, 7) is 0. The molecule has 0 aliphatic carbocycles. The third kappa shape index (κ3) is 3.65. The molecule has 1 aromatic rings. The van der Waals surface area contributed by atoms with Gasteiger partial charge in [0.1, 0.15) is 5.69 Å². The van der Waals surface area contributed by atoms with Gasteiger partial charge in [0.15, 0.2) is 0 Å². The van der Waals surface area contributed by atoms with Crippen LogP contribution in [0, 0.1) is 3.57 Å². The number of nitrogens with zero attached hydrogens (tertiary/aromatic N) is 1. The van der Waals surface area contributed by atoms with Crippen LogP contribution in [0.5, 0.6) is 0 Å². The van der Waals surface area contributed by atoms with Crippen LogP contribution in [0.4, 0.5) is 13.2 Å². The van der Waals surface area contributed by atoms with Crippen molar-refractivity contribution < 1.29 is 23.1 Å². The minimum Gasteiger partial charge on any atom is -0.481 e. The first-order chi connectivity index (χ1) is 6.79. The van der Waals surface area contributed by atoms with E-state index in [2.05, 4.69) is 4.98 Å². The Morgan fingerprint density at radius 2 is 2.07 bits per heavy atom. The molecule has 0 atom stereocenters. The molecule has 0 aliphatic rings. The van der Waals surface area contributed by atoms with Gasteiger partial charge in [0, 0.05) is 3.57 Å². The molecule has 1 N–H and O–H groups in total. The number of aliphatic carboxylic acids is 1. The fraction of sp³-hybridized carbons (Fsp3) is 0.250. The average Bonchev–Trinajstić information content (AvgIpc) is 1.99. The predicted octanol–water partition coefficient (Wildman–Crippen LogP) is 2.33. The van der Waals surface area contributed by atoms with Crippen molar-refractivity contribution in [3.8, 4) is 0 Å². The molecular formula is C8H5F3INO2. The van der Waals surface area contributed by atoms with Crippen molar-refractivity contribution >= 4 is 28.6 Å². The fourth-order valence-electron chi connectivity index (χ4n) is 0.941. The molecular weight excluding hydrogens is 326 g/mol. The Morgan fingerprint density at radius 3 is 2.53 bits per heavy atom. The second-order valence-electron chi connectivity index (χ2n) is 2.73. The minimum absolute atomic E-state index is 0.0956. The third-order valence-electron chi connectivity index (χ3n) is 1.47. The van der Waals surface area contributed by atoms with Gasteiger partial charge in [0.2, 0.25) is 0 Å². The van der Waals surface area contributed by atoms with Crippen LogP contribution in [0.3, 0.4) is 0 Å². The molecule has 0 radical (unpaired) electrons. The van der Waals surface area contributed by atoms with Crippen molar-refractivity contribution in [3.05, 3.63) is 27.1 Å². The second kappa shape index (κ2) is 4.33. The molecule has 0 unspecified atom stereocenters. The number of rotatable bonds is 2. The molecule has 1 heterocycles. The zero-order valence-corrected chi connectivity index (χ0v) is 9.33. The lowest BCUT2D eigenvalue weighted by Crippen LogP contribution is -2.12. The highest BCUT2D eigenvalue weighted by Crippen LogP contribution is 2.28. The van der Waals surface area contributed by atoms with E-state index in [9.17, 15) is 18.0 Å². The molecule has 1 aromatic heterocycles. The molecule has 0 saturated heterocycles. The Bertz CT molecular complexity index is 392. The van der Waals surface area contributed by atoms with Gasteiger partial charge in [0.25, 0.3) is 0 Å². The highest BCUT2D eigenvalue weighted by Gasteiger charge is 2.33. The Morgan fingerprint density at radius 1 is 1.47 bits per heavy atom. The van der Waals surface area contributed by atoms with Gasteiger partial charge >= 0.3 is 12.1 Å². The molecule has 0 fully saturated rings. The molecule has 3 nitrogen and oxygen atoms in total. The van der Waals surface area contributed by atoms with Gasteiger partial charge in [-0.3, -0.25) is 4.79 Å². The van der Waals surface area contributed by atoms with E-state index < -0.39 is 24.3 Å². The van der Waals surface area contributed by atoms with E-state index in [-0.39, 0.29) is 5.69 Å². The van der Waals surface area contributed by atoms with Crippen LogP contribution in [0.15, 0.2) is 12.1 Å². The lowest BCUT2D eigenvalue weighted by atomic mass is 10.2. The molecule has 82 valence electrons. The number of alkyl halides is 3. The van der Waals surface area contributed by atoms with Gasteiger partial charge in [-0.05, 0) is 34.7 Å². The monoisotopic (exact) mass is 331 g/mol. The number of carboxylic acid groups (broad SMARTS) is 1. The van der Waals surface area contributed by atoms with Gasteiger partial charge in [-0.25, -0.2) is 4.98 Å². The molecule has 0 saturated carbocycles. The van der Waals surface area contributed by atoms with E-state index in [1.807, 2.05) is 0 Å². The SMILES string of the molecule is O=C(O)Cc1cc(I)cc(C(F)(F)F)n1. The summed E-state index contributed by atoms with van der Waals surface area (Å²) >= 11 is 1.68. The van der Waals surface area contributed by atoms with Gasteiger partial charge in [0.05, 0.1) is 12.1 Å². The molecule has 15 heavy (non-hydrogen) atoms. The van der Waals surface area contributed by atoms with Crippen LogP contribution in [-0.4, -0.2) is 16.1 Å². The summed E-state index contributed by atoms with van der Waals surface area (Å²) in [5.74, 6) is -1.21. The van der Waals surface area contributed by atoms with Crippen LogP contribution in [-0.2, 0) is 17.4 Å². The molecule has 0 aromatic carbocycles. The second-order valence-corrected chi connectivity index (χ2v) is 3.98. The van der Waals surface area contributed by atoms with E-state index in [1.54, 1.807) is 22.6 Å². The van der Waals surface area contributed by atoms with Crippen LogP contribution in [0.1, 0.15) is 11.4 Å². The zero-order valence-electron chi connectivity index (χ0n) is 7.18. The van der Waals surface area contributed by atoms with Crippen LogP contribution in [0.2, 0.25) is 0 Å². The summed E-state index contributed by atoms with van der Waals surface area (Å²) in [6.07, 6.45) is -5.06. The fourth-order valence-corrected chi connectivity index (χ4v) is 1.60. The first kappa shape index (κ1) is 12.2. The maximum absolute atomic E-state index is 12.3. The van der Waals surface area contributed by atoms with Crippen LogP contribution in [0.25, 0.3) is 0 Å². The smallest absolute Gasteiger partial charge is 0.433 e. The highest BCUT2D eigenvalue weighted by molar-refractivity contribution is 14.1. The quantitative estimate of drug-likeness (QED) is 0.847. The van der Waals surface area contributed by atoms with Crippen molar-refractivity contribution in [2.24, 2.45) is 0 Å². The summed E-state index contributed by atoms with van der Waals surface area (Å²) in [5, 5.41) is 8.43. The molecule has 0 amide bonds. The molecule has 0 bridgehead atoms. The minimum atomic E-state index is -4.55. The Balaban J connectivity index is 3.11. The predicted molar refractivity (Wildman–Crippen MR) is 53.3 cm³/mol. The number of halogens is 4. The lowest BCUT2D eigenvalue weighted by Gasteiger charge is -2.07. The van der Waals surface area contributed by atoms with Crippen LogP contribution < -0.4 is 0 Å². The maximum Gasteiger partial charge on any atom is 0.433 e. The summed E-state index contributed by atoms with van der Waals surface area (Å²) in [5.41, 5.74) is -1.16. The Kier molecular flexibility index (Phi) is 3.53. The summed E-state index contributed by atoms with van der Waals surface area (Å²) in [4.78, 5) is 13.6. The maximum atomic E-state index is 12.3. The van der Waals surface area contributed by atoms with Gasteiger partial charge in [-0.1, -0.05) is 0 Å². The van der Waals surface area contributed by atoms with Crippen molar-refractivity contribution in [3.63, 3.8) is 0 Å². The number of aromatic nitrogens is 1. The third-order valence-corrected chi connectivity index (χ3v) is 2.09. The standard InChI is InChI=1S/C8H5F3INO2/c9-8(10,11)6-2-4(12)1-5(13-6)3-7(14)15/h1-2H,3H2,(H,14,15). The number of hydrogen-bond donors (Lipinski definition) is 1. The largest absolute Gasteiger partial charge is 0.481 e. The van der Waals surface area contributed by atoms with Crippen molar-refractivity contribution in [2.45, 2.75) is 12.6 Å². The summed E-state index contributed by atoms with van der Waals surface area (Å²) in [6, 6.07) is 2.18. The van der Waals surface area contributed by atoms with E-state index in [4.69, 9.17) is 5.11 Å². The molecule has 0 aliphatic heterocycles.